The van der Waals surface area contributed by atoms with Crippen LogP contribution in [0.15, 0.2) is 22.7 Å². The summed E-state index contributed by atoms with van der Waals surface area (Å²) in [6, 6.07) is 5.84. The van der Waals surface area contributed by atoms with Gasteiger partial charge in [0.05, 0.1) is 10.7 Å². The predicted octanol–water partition coefficient (Wildman–Crippen LogP) is 3.27. The molecule has 0 spiro atoms. The van der Waals surface area contributed by atoms with Gasteiger partial charge >= 0.3 is 0 Å². The molecule has 0 bridgehead atoms. The summed E-state index contributed by atoms with van der Waals surface area (Å²) in [5, 5.41) is 0.735. The maximum absolute atomic E-state index is 11.1. The van der Waals surface area contributed by atoms with Crippen molar-refractivity contribution in [1.82, 2.24) is 0 Å². The minimum atomic E-state index is 0.347. The molecule has 2 nitrogen and oxygen atoms in total. The summed E-state index contributed by atoms with van der Waals surface area (Å²) in [7, 11) is 0. The fraction of sp³-hybridized carbons (Fsp3) is 0.364. The van der Waals surface area contributed by atoms with Gasteiger partial charge in [-0.15, -0.1) is 0 Å². The van der Waals surface area contributed by atoms with Crippen molar-refractivity contribution in [1.29, 1.82) is 0 Å². The van der Waals surface area contributed by atoms with Crippen molar-refractivity contribution in [3.05, 3.63) is 27.7 Å². The van der Waals surface area contributed by atoms with Gasteiger partial charge in [0.2, 0.25) is 0 Å². The van der Waals surface area contributed by atoms with Crippen molar-refractivity contribution < 1.29 is 4.79 Å². The molecule has 0 saturated carbocycles. The van der Waals surface area contributed by atoms with Gasteiger partial charge in [-0.3, -0.25) is 4.79 Å². The highest BCUT2D eigenvalue weighted by Gasteiger charge is 2.18. The van der Waals surface area contributed by atoms with Gasteiger partial charge < -0.3 is 4.90 Å². The summed E-state index contributed by atoms with van der Waals surface area (Å²) in [6.45, 7) is 1.56. The zero-order valence-corrected chi connectivity index (χ0v) is 10.5. The largest absolute Gasteiger partial charge is 0.369 e. The molecule has 15 heavy (non-hydrogen) atoms. The van der Waals surface area contributed by atoms with E-state index in [9.17, 15) is 4.79 Å². The van der Waals surface area contributed by atoms with Gasteiger partial charge in [0, 0.05) is 30.4 Å². The van der Waals surface area contributed by atoms with E-state index in [1.807, 2.05) is 18.2 Å². The maximum atomic E-state index is 11.1. The Labute approximate surface area is 102 Å². The summed E-state index contributed by atoms with van der Waals surface area (Å²) >= 11 is 9.52. The molecular weight excluding hydrogens is 277 g/mol. The molecule has 0 amide bonds. The standard InChI is InChI=1S/C11H11BrClNO/c12-8-1-2-11(10(13)7-8)14-5-3-9(15)4-6-14/h1-2,7H,3-6H2. The molecule has 0 radical (unpaired) electrons. The highest BCUT2D eigenvalue weighted by molar-refractivity contribution is 9.10. The molecule has 2 rings (SSSR count). The smallest absolute Gasteiger partial charge is 0.136 e. The maximum Gasteiger partial charge on any atom is 0.136 e. The number of benzene rings is 1. The molecule has 1 aromatic rings. The van der Waals surface area contributed by atoms with Crippen LogP contribution in [0.1, 0.15) is 12.8 Å². The number of piperidine rings is 1. The van der Waals surface area contributed by atoms with E-state index in [4.69, 9.17) is 11.6 Å². The highest BCUT2D eigenvalue weighted by Crippen LogP contribution is 2.30. The lowest BCUT2D eigenvalue weighted by molar-refractivity contribution is -0.119. The number of rotatable bonds is 1. The second-order valence-corrected chi connectivity index (χ2v) is 4.94. The highest BCUT2D eigenvalue weighted by atomic mass is 79.9. The van der Waals surface area contributed by atoms with Gasteiger partial charge in [-0.2, -0.15) is 0 Å². The first-order valence-electron chi connectivity index (χ1n) is 4.88. The second-order valence-electron chi connectivity index (χ2n) is 3.62. The van der Waals surface area contributed by atoms with E-state index in [1.54, 1.807) is 0 Å². The molecule has 0 aliphatic carbocycles. The van der Waals surface area contributed by atoms with E-state index in [2.05, 4.69) is 20.8 Å². The Kier molecular flexibility index (Phi) is 3.32. The third kappa shape index (κ3) is 2.52. The Morgan fingerprint density at radius 2 is 1.93 bits per heavy atom. The quantitative estimate of drug-likeness (QED) is 0.790. The van der Waals surface area contributed by atoms with Crippen LogP contribution in [0.5, 0.6) is 0 Å². The van der Waals surface area contributed by atoms with Gasteiger partial charge in [0.1, 0.15) is 5.78 Å². The number of hydrogen-bond donors (Lipinski definition) is 0. The lowest BCUT2D eigenvalue weighted by Crippen LogP contribution is -2.33. The Bertz CT molecular complexity index is 384. The number of halogens is 2. The summed E-state index contributed by atoms with van der Waals surface area (Å²) in [4.78, 5) is 13.3. The van der Waals surface area contributed by atoms with Crippen LogP contribution in [0.2, 0.25) is 5.02 Å². The van der Waals surface area contributed by atoms with E-state index >= 15 is 0 Å². The number of carbonyl (C=O) groups excluding carboxylic acids is 1. The van der Waals surface area contributed by atoms with E-state index in [0.29, 0.717) is 18.6 Å². The lowest BCUT2D eigenvalue weighted by Gasteiger charge is -2.28. The number of hydrogen-bond acceptors (Lipinski definition) is 2. The Balaban J connectivity index is 2.19. The molecule has 1 fully saturated rings. The first-order valence-corrected chi connectivity index (χ1v) is 6.05. The molecule has 4 heteroatoms. The number of nitrogens with zero attached hydrogens (tertiary/aromatic N) is 1. The second kappa shape index (κ2) is 4.54. The molecule has 1 aliphatic rings. The Hall–Kier alpha value is -0.540. The molecule has 1 aromatic carbocycles. The predicted molar refractivity (Wildman–Crippen MR) is 65.6 cm³/mol. The van der Waals surface area contributed by atoms with Crippen LogP contribution in [0, 0.1) is 0 Å². The average molecular weight is 289 g/mol. The van der Waals surface area contributed by atoms with Crippen LogP contribution < -0.4 is 4.90 Å². The van der Waals surface area contributed by atoms with Crippen LogP contribution in [0.25, 0.3) is 0 Å². The van der Waals surface area contributed by atoms with E-state index in [-0.39, 0.29) is 0 Å². The van der Waals surface area contributed by atoms with E-state index in [0.717, 1.165) is 28.3 Å². The Morgan fingerprint density at radius 3 is 2.53 bits per heavy atom. The van der Waals surface area contributed by atoms with Crippen LogP contribution in [-0.4, -0.2) is 18.9 Å². The molecule has 0 atom stereocenters. The van der Waals surface area contributed by atoms with E-state index < -0.39 is 0 Å². The molecule has 1 aliphatic heterocycles. The summed E-state index contributed by atoms with van der Waals surface area (Å²) in [5.41, 5.74) is 1.02. The molecule has 0 unspecified atom stereocenters. The van der Waals surface area contributed by atoms with Crippen molar-refractivity contribution in [3.8, 4) is 0 Å². The average Bonchev–Trinajstić information content (AvgIpc) is 2.20. The van der Waals surface area contributed by atoms with Crippen molar-refractivity contribution >= 4 is 39.0 Å². The van der Waals surface area contributed by atoms with Crippen molar-refractivity contribution in [2.24, 2.45) is 0 Å². The summed E-state index contributed by atoms with van der Waals surface area (Å²) in [5.74, 6) is 0.347. The zero-order valence-electron chi connectivity index (χ0n) is 8.17. The number of ketones is 1. The molecule has 1 saturated heterocycles. The topological polar surface area (TPSA) is 20.3 Å². The number of Topliss-reactive ketones (excluding diaryl/α,β-unsaturated/α-hetero) is 1. The van der Waals surface area contributed by atoms with Crippen molar-refractivity contribution in [2.75, 3.05) is 18.0 Å². The van der Waals surface area contributed by atoms with Gasteiger partial charge in [0.15, 0.2) is 0 Å². The molecule has 0 N–H and O–H groups in total. The minimum Gasteiger partial charge on any atom is -0.369 e. The number of anilines is 1. The summed E-state index contributed by atoms with van der Waals surface area (Å²) < 4.78 is 0.976. The van der Waals surface area contributed by atoms with Gasteiger partial charge in [-0.05, 0) is 18.2 Å². The molecule has 0 aromatic heterocycles. The van der Waals surface area contributed by atoms with Gasteiger partial charge in [-0.1, -0.05) is 27.5 Å². The fourth-order valence-corrected chi connectivity index (χ4v) is 2.53. The van der Waals surface area contributed by atoms with E-state index in [1.165, 1.54) is 0 Å². The normalized spacial score (nSPS) is 16.9. The SMILES string of the molecule is O=C1CCN(c2ccc(Br)cc2Cl)CC1. The van der Waals surface area contributed by atoms with Crippen LogP contribution in [-0.2, 0) is 4.79 Å². The summed E-state index contributed by atoms with van der Waals surface area (Å²) in [6.07, 6.45) is 1.26. The monoisotopic (exact) mass is 287 g/mol. The third-order valence-electron chi connectivity index (χ3n) is 2.57. The van der Waals surface area contributed by atoms with Crippen LogP contribution >= 0.6 is 27.5 Å². The first-order chi connectivity index (χ1) is 7.16. The van der Waals surface area contributed by atoms with Gasteiger partial charge in [0.25, 0.3) is 0 Å². The van der Waals surface area contributed by atoms with Crippen LogP contribution in [0.4, 0.5) is 5.69 Å². The van der Waals surface area contributed by atoms with Crippen molar-refractivity contribution in [3.63, 3.8) is 0 Å². The molecular formula is C11H11BrClNO. The van der Waals surface area contributed by atoms with Crippen molar-refractivity contribution in [2.45, 2.75) is 12.8 Å². The minimum absolute atomic E-state index is 0.347. The Morgan fingerprint density at radius 1 is 1.27 bits per heavy atom. The first kappa shape index (κ1) is 11.0. The number of carbonyl (C=O) groups is 1. The zero-order chi connectivity index (χ0) is 10.8. The fourth-order valence-electron chi connectivity index (χ4n) is 1.73. The van der Waals surface area contributed by atoms with Gasteiger partial charge in [-0.25, -0.2) is 0 Å². The molecule has 80 valence electrons. The van der Waals surface area contributed by atoms with Crippen LogP contribution in [0.3, 0.4) is 0 Å². The lowest BCUT2D eigenvalue weighted by atomic mass is 10.1. The third-order valence-corrected chi connectivity index (χ3v) is 3.37. The molecule has 1 heterocycles.